The lowest BCUT2D eigenvalue weighted by Gasteiger charge is -2.20. The molecule has 0 spiro atoms. The fourth-order valence-electron chi connectivity index (χ4n) is 2.66. The number of amides is 1. The zero-order valence-electron chi connectivity index (χ0n) is 12.0. The Morgan fingerprint density at radius 3 is 2.85 bits per heavy atom. The van der Waals surface area contributed by atoms with Crippen LogP contribution in [0.4, 0.5) is 0 Å². The normalized spacial score (nSPS) is 20.2. The Morgan fingerprint density at radius 2 is 2.25 bits per heavy atom. The number of rotatable bonds is 4. The lowest BCUT2D eigenvalue weighted by molar-refractivity contribution is -0.131. The predicted molar refractivity (Wildman–Crippen MR) is 73.3 cm³/mol. The monoisotopic (exact) mass is 279 g/mol. The Hall–Kier alpha value is -1.78. The van der Waals surface area contributed by atoms with Crippen LogP contribution in [-0.2, 0) is 11.3 Å². The van der Waals surface area contributed by atoms with Crippen LogP contribution in [-0.4, -0.2) is 28.4 Å². The fraction of sp³-hybridized carbons (Fsp3) is 0.600. The van der Waals surface area contributed by atoms with Crippen molar-refractivity contribution in [2.24, 2.45) is 11.8 Å². The number of furan rings is 1. The average molecular weight is 279 g/mol. The summed E-state index contributed by atoms with van der Waals surface area (Å²) in [5.41, 5.74) is 0.127. The first-order chi connectivity index (χ1) is 9.47. The number of carboxylic acid groups (broad SMARTS) is 1. The van der Waals surface area contributed by atoms with Gasteiger partial charge in [0.25, 0.3) is 0 Å². The van der Waals surface area contributed by atoms with Crippen LogP contribution < -0.4 is 0 Å². The van der Waals surface area contributed by atoms with Crippen molar-refractivity contribution >= 4 is 11.9 Å². The number of carboxylic acids is 1. The molecule has 0 radical (unpaired) electrons. The number of nitrogens with zero attached hydrogens (tertiary/aromatic N) is 1. The summed E-state index contributed by atoms with van der Waals surface area (Å²) in [5.74, 6) is 0.808. The van der Waals surface area contributed by atoms with E-state index < -0.39 is 5.97 Å². The van der Waals surface area contributed by atoms with Crippen molar-refractivity contribution in [2.45, 2.75) is 39.7 Å². The van der Waals surface area contributed by atoms with E-state index in [1.807, 2.05) is 0 Å². The summed E-state index contributed by atoms with van der Waals surface area (Å²) in [6.07, 6.45) is 3.72. The summed E-state index contributed by atoms with van der Waals surface area (Å²) in [6, 6.07) is 1.49. The standard InChI is InChI=1S/C15H21NO4/c1-10(2)11-3-4-14(17)16(6-5-11)8-13-7-12(9-20-13)15(18)19/h7,9-11H,3-6,8H2,1-2H3,(H,18,19). The largest absolute Gasteiger partial charge is 0.478 e. The molecule has 1 saturated heterocycles. The molecule has 1 aromatic heterocycles. The Balaban J connectivity index is 2.00. The van der Waals surface area contributed by atoms with Gasteiger partial charge < -0.3 is 14.4 Å². The van der Waals surface area contributed by atoms with Crippen LogP contribution in [0.2, 0.25) is 0 Å². The topological polar surface area (TPSA) is 70.8 Å². The van der Waals surface area contributed by atoms with E-state index in [1.165, 1.54) is 12.3 Å². The van der Waals surface area contributed by atoms with E-state index in [2.05, 4.69) is 13.8 Å². The summed E-state index contributed by atoms with van der Waals surface area (Å²) < 4.78 is 5.22. The molecule has 20 heavy (non-hydrogen) atoms. The molecule has 0 bridgehead atoms. The van der Waals surface area contributed by atoms with E-state index in [9.17, 15) is 9.59 Å². The molecule has 1 aromatic rings. The third-order valence-electron chi connectivity index (χ3n) is 4.04. The summed E-state index contributed by atoms with van der Waals surface area (Å²) in [4.78, 5) is 24.7. The number of carbonyl (C=O) groups is 2. The Kier molecular flexibility index (Phi) is 4.47. The van der Waals surface area contributed by atoms with Gasteiger partial charge in [-0.05, 0) is 30.7 Å². The molecule has 110 valence electrons. The van der Waals surface area contributed by atoms with E-state index in [0.29, 0.717) is 37.1 Å². The third-order valence-corrected chi connectivity index (χ3v) is 4.04. The molecule has 1 N–H and O–H groups in total. The maximum atomic E-state index is 12.1. The molecule has 0 saturated carbocycles. The maximum Gasteiger partial charge on any atom is 0.338 e. The van der Waals surface area contributed by atoms with Gasteiger partial charge in [0.1, 0.15) is 12.0 Å². The van der Waals surface area contributed by atoms with Gasteiger partial charge in [0, 0.05) is 13.0 Å². The number of likely N-dealkylation sites (tertiary alicyclic amines) is 1. The van der Waals surface area contributed by atoms with E-state index in [4.69, 9.17) is 9.52 Å². The second-order valence-corrected chi connectivity index (χ2v) is 5.75. The minimum atomic E-state index is -1.01. The molecule has 2 rings (SSSR count). The number of hydrogen-bond acceptors (Lipinski definition) is 3. The van der Waals surface area contributed by atoms with E-state index >= 15 is 0 Å². The molecule has 1 unspecified atom stereocenters. The molecule has 1 fully saturated rings. The summed E-state index contributed by atoms with van der Waals surface area (Å²) in [6.45, 7) is 5.45. The Bertz CT molecular complexity index is 492. The highest BCUT2D eigenvalue weighted by atomic mass is 16.4. The van der Waals surface area contributed by atoms with Crippen molar-refractivity contribution in [2.75, 3.05) is 6.54 Å². The number of hydrogen-bond donors (Lipinski definition) is 1. The van der Waals surface area contributed by atoms with Crippen LogP contribution in [0.15, 0.2) is 16.7 Å². The van der Waals surface area contributed by atoms with Crippen molar-refractivity contribution in [3.8, 4) is 0 Å². The lowest BCUT2D eigenvalue weighted by Crippen LogP contribution is -2.29. The van der Waals surface area contributed by atoms with Gasteiger partial charge in [-0.25, -0.2) is 4.79 Å². The predicted octanol–water partition coefficient (Wildman–Crippen LogP) is 2.76. The molecule has 5 heteroatoms. The first-order valence-electron chi connectivity index (χ1n) is 7.06. The zero-order valence-corrected chi connectivity index (χ0v) is 12.0. The zero-order chi connectivity index (χ0) is 14.7. The van der Waals surface area contributed by atoms with E-state index in [-0.39, 0.29) is 11.5 Å². The average Bonchev–Trinajstić information content (AvgIpc) is 2.77. The van der Waals surface area contributed by atoms with Crippen LogP contribution in [0.5, 0.6) is 0 Å². The van der Waals surface area contributed by atoms with Crippen molar-refractivity contribution in [3.05, 3.63) is 23.7 Å². The molecule has 2 heterocycles. The minimum absolute atomic E-state index is 0.126. The minimum Gasteiger partial charge on any atom is -0.478 e. The van der Waals surface area contributed by atoms with Crippen molar-refractivity contribution in [1.82, 2.24) is 4.90 Å². The van der Waals surface area contributed by atoms with Crippen LogP contribution in [0, 0.1) is 11.8 Å². The smallest absolute Gasteiger partial charge is 0.338 e. The number of carbonyl (C=O) groups excluding carboxylic acids is 1. The Labute approximate surface area is 118 Å². The molecule has 0 aromatic carbocycles. The molecular formula is C15H21NO4. The quantitative estimate of drug-likeness (QED) is 0.920. The first-order valence-corrected chi connectivity index (χ1v) is 7.06. The van der Waals surface area contributed by atoms with Gasteiger partial charge in [-0.15, -0.1) is 0 Å². The molecular weight excluding hydrogens is 258 g/mol. The molecule has 1 atom stereocenters. The number of aromatic carboxylic acids is 1. The van der Waals surface area contributed by atoms with Gasteiger partial charge in [0.15, 0.2) is 0 Å². The van der Waals surface area contributed by atoms with E-state index in [0.717, 1.165) is 12.8 Å². The molecule has 1 aliphatic rings. The van der Waals surface area contributed by atoms with Gasteiger partial charge in [-0.3, -0.25) is 4.79 Å². The van der Waals surface area contributed by atoms with Gasteiger partial charge in [-0.1, -0.05) is 13.8 Å². The van der Waals surface area contributed by atoms with Crippen LogP contribution >= 0.6 is 0 Å². The molecule has 1 amide bonds. The second kappa shape index (κ2) is 6.11. The highest BCUT2D eigenvalue weighted by Gasteiger charge is 2.25. The Morgan fingerprint density at radius 1 is 1.50 bits per heavy atom. The summed E-state index contributed by atoms with van der Waals surface area (Å²) >= 11 is 0. The van der Waals surface area contributed by atoms with Crippen molar-refractivity contribution in [3.63, 3.8) is 0 Å². The van der Waals surface area contributed by atoms with Crippen LogP contribution in [0.3, 0.4) is 0 Å². The molecule has 1 aliphatic heterocycles. The highest BCUT2D eigenvalue weighted by Crippen LogP contribution is 2.26. The van der Waals surface area contributed by atoms with Gasteiger partial charge in [0.2, 0.25) is 5.91 Å². The van der Waals surface area contributed by atoms with Crippen molar-refractivity contribution in [1.29, 1.82) is 0 Å². The fourth-order valence-corrected chi connectivity index (χ4v) is 2.66. The maximum absolute atomic E-state index is 12.1. The highest BCUT2D eigenvalue weighted by molar-refractivity contribution is 5.87. The third kappa shape index (κ3) is 3.40. The van der Waals surface area contributed by atoms with Crippen molar-refractivity contribution < 1.29 is 19.1 Å². The first kappa shape index (κ1) is 14.6. The summed E-state index contributed by atoms with van der Waals surface area (Å²) in [5, 5.41) is 8.86. The van der Waals surface area contributed by atoms with Gasteiger partial charge in [0.05, 0.1) is 12.1 Å². The van der Waals surface area contributed by atoms with Crippen LogP contribution in [0.25, 0.3) is 0 Å². The van der Waals surface area contributed by atoms with Crippen LogP contribution in [0.1, 0.15) is 49.2 Å². The summed E-state index contributed by atoms with van der Waals surface area (Å²) in [7, 11) is 0. The SMILES string of the molecule is CC(C)C1CCC(=O)N(Cc2cc(C(=O)O)co2)CC1. The molecule has 0 aliphatic carbocycles. The van der Waals surface area contributed by atoms with Gasteiger partial charge >= 0.3 is 5.97 Å². The molecule has 5 nitrogen and oxygen atoms in total. The second-order valence-electron chi connectivity index (χ2n) is 5.75. The van der Waals surface area contributed by atoms with Gasteiger partial charge in [-0.2, -0.15) is 0 Å². The lowest BCUT2D eigenvalue weighted by atomic mass is 9.89. The van der Waals surface area contributed by atoms with E-state index in [1.54, 1.807) is 4.90 Å².